The van der Waals surface area contributed by atoms with Crippen molar-refractivity contribution < 1.29 is 14.7 Å². The summed E-state index contributed by atoms with van der Waals surface area (Å²) in [7, 11) is 0. The highest BCUT2D eigenvalue weighted by atomic mass is 16.3. The van der Waals surface area contributed by atoms with Crippen LogP contribution in [0.4, 0.5) is 0 Å². The molecule has 5 heteroatoms. The quantitative estimate of drug-likeness (QED) is 0.674. The molecular formula is C14H26N2O3. The van der Waals surface area contributed by atoms with Crippen molar-refractivity contribution >= 4 is 11.8 Å². The van der Waals surface area contributed by atoms with E-state index < -0.39 is 17.6 Å². The van der Waals surface area contributed by atoms with Crippen LogP contribution in [0.2, 0.25) is 0 Å². The topological polar surface area (TPSA) is 92.4 Å². The second kappa shape index (κ2) is 6.89. The molecule has 0 radical (unpaired) electrons. The number of primary amides is 1. The summed E-state index contributed by atoms with van der Waals surface area (Å²) in [6.07, 6.45) is 5.16. The van der Waals surface area contributed by atoms with E-state index >= 15 is 0 Å². The molecule has 0 aliphatic heterocycles. The molecule has 1 aliphatic rings. The Balaban J connectivity index is 2.55. The van der Waals surface area contributed by atoms with Crippen LogP contribution in [0.25, 0.3) is 0 Å². The maximum atomic E-state index is 12.0. The zero-order chi connectivity index (χ0) is 14.5. The molecule has 0 aromatic carbocycles. The third kappa shape index (κ3) is 4.82. The molecule has 0 heterocycles. The Bertz CT molecular complexity index is 325. The highest BCUT2D eigenvalue weighted by molar-refractivity contribution is 5.87. The van der Waals surface area contributed by atoms with Gasteiger partial charge in [-0.05, 0) is 18.8 Å². The normalized spacial score (nSPS) is 21.4. The lowest BCUT2D eigenvalue weighted by Gasteiger charge is -2.32. The zero-order valence-electron chi connectivity index (χ0n) is 11.9. The molecular weight excluding hydrogens is 244 g/mol. The van der Waals surface area contributed by atoms with Crippen molar-refractivity contribution in [3.8, 4) is 0 Å². The van der Waals surface area contributed by atoms with Crippen molar-refractivity contribution in [1.82, 2.24) is 5.32 Å². The predicted octanol–water partition coefficient (Wildman–Crippen LogP) is 1.09. The summed E-state index contributed by atoms with van der Waals surface area (Å²) in [5.41, 5.74) is 4.41. The third-order valence-electron chi connectivity index (χ3n) is 4.11. The number of aliphatic hydroxyl groups is 1. The van der Waals surface area contributed by atoms with Crippen molar-refractivity contribution in [2.75, 3.05) is 0 Å². The molecule has 1 fully saturated rings. The minimum Gasteiger partial charge on any atom is -0.389 e. The van der Waals surface area contributed by atoms with Crippen molar-refractivity contribution in [1.29, 1.82) is 0 Å². The van der Waals surface area contributed by atoms with Crippen LogP contribution in [-0.4, -0.2) is 28.6 Å². The van der Waals surface area contributed by atoms with Crippen molar-refractivity contribution in [3.05, 3.63) is 0 Å². The Morgan fingerprint density at radius 2 is 1.89 bits per heavy atom. The van der Waals surface area contributed by atoms with Gasteiger partial charge in [0.1, 0.15) is 6.04 Å². The number of rotatable bonds is 6. The summed E-state index contributed by atoms with van der Waals surface area (Å²) in [6, 6.07) is -0.648. The molecule has 2 atom stereocenters. The van der Waals surface area contributed by atoms with Gasteiger partial charge in [0.15, 0.2) is 0 Å². The molecule has 2 unspecified atom stereocenters. The van der Waals surface area contributed by atoms with E-state index in [-0.39, 0.29) is 18.2 Å². The van der Waals surface area contributed by atoms with Gasteiger partial charge in [0.25, 0.3) is 0 Å². The van der Waals surface area contributed by atoms with E-state index in [0.29, 0.717) is 12.8 Å². The molecule has 19 heavy (non-hydrogen) atoms. The maximum absolute atomic E-state index is 12.0. The molecule has 1 aliphatic carbocycles. The van der Waals surface area contributed by atoms with Gasteiger partial charge in [-0.1, -0.05) is 39.5 Å². The van der Waals surface area contributed by atoms with Gasteiger partial charge in [-0.2, -0.15) is 0 Å². The SMILES string of the molecule is CCC(C)C(NC(=O)CC1(O)CCCCC1)C(N)=O. The minimum atomic E-state index is -0.903. The molecule has 2 amide bonds. The Morgan fingerprint density at radius 3 is 2.37 bits per heavy atom. The van der Waals surface area contributed by atoms with Gasteiger partial charge in [-0.3, -0.25) is 9.59 Å². The van der Waals surface area contributed by atoms with Gasteiger partial charge in [-0.25, -0.2) is 0 Å². The number of amides is 2. The van der Waals surface area contributed by atoms with Crippen LogP contribution in [-0.2, 0) is 9.59 Å². The van der Waals surface area contributed by atoms with E-state index in [1.54, 1.807) is 0 Å². The molecule has 4 N–H and O–H groups in total. The summed E-state index contributed by atoms with van der Waals surface area (Å²) in [4.78, 5) is 23.3. The van der Waals surface area contributed by atoms with Gasteiger partial charge in [-0.15, -0.1) is 0 Å². The van der Waals surface area contributed by atoms with E-state index in [1.807, 2.05) is 13.8 Å². The van der Waals surface area contributed by atoms with E-state index in [1.165, 1.54) is 0 Å². The fourth-order valence-corrected chi connectivity index (χ4v) is 2.64. The molecule has 5 nitrogen and oxygen atoms in total. The number of nitrogens with two attached hydrogens (primary N) is 1. The first-order valence-corrected chi connectivity index (χ1v) is 7.19. The van der Waals surface area contributed by atoms with Crippen LogP contribution in [0.15, 0.2) is 0 Å². The van der Waals surface area contributed by atoms with Crippen molar-refractivity contribution in [2.24, 2.45) is 11.7 Å². The van der Waals surface area contributed by atoms with Crippen LogP contribution >= 0.6 is 0 Å². The van der Waals surface area contributed by atoms with Crippen LogP contribution in [0, 0.1) is 5.92 Å². The molecule has 0 aromatic rings. The fourth-order valence-electron chi connectivity index (χ4n) is 2.64. The molecule has 1 rings (SSSR count). The van der Waals surface area contributed by atoms with Gasteiger partial charge >= 0.3 is 0 Å². The number of nitrogens with one attached hydrogen (secondary N) is 1. The molecule has 0 bridgehead atoms. The van der Waals surface area contributed by atoms with Gasteiger partial charge in [0, 0.05) is 0 Å². The Labute approximate surface area is 114 Å². The summed E-state index contributed by atoms with van der Waals surface area (Å²) in [5, 5.41) is 13.0. The molecule has 0 aromatic heterocycles. The second-order valence-electron chi connectivity index (χ2n) is 5.79. The Kier molecular flexibility index (Phi) is 5.79. The monoisotopic (exact) mass is 270 g/mol. The molecule has 0 saturated heterocycles. The lowest BCUT2D eigenvalue weighted by Crippen LogP contribution is -2.50. The molecule has 0 spiro atoms. The average Bonchev–Trinajstić information content (AvgIpc) is 2.35. The lowest BCUT2D eigenvalue weighted by molar-refractivity contribution is -0.132. The highest BCUT2D eigenvalue weighted by Gasteiger charge is 2.33. The smallest absolute Gasteiger partial charge is 0.240 e. The number of hydrogen-bond acceptors (Lipinski definition) is 3. The number of hydrogen-bond donors (Lipinski definition) is 3. The summed E-state index contributed by atoms with van der Waals surface area (Å²) in [5.74, 6) is -0.797. The molecule has 110 valence electrons. The Hall–Kier alpha value is -1.10. The average molecular weight is 270 g/mol. The fraction of sp³-hybridized carbons (Fsp3) is 0.857. The van der Waals surface area contributed by atoms with E-state index in [2.05, 4.69) is 5.32 Å². The predicted molar refractivity (Wildman–Crippen MR) is 73.2 cm³/mol. The van der Waals surface area contributed by atoms with Gasteiger partial charge in [0.05, 0.1) is 12.0 Å². The van der Waals surface area contributed by atoms with Gasteiger partial charge in [0.2, 0.25) is 11.8 Å². The molecule has 1 saturated carbocycles. The third-order valence-corrected chi connectivity index (χ3v) is 4.11. The first kappa shape index (κ1) is 16.0. The van der Waals surface area contributed by atoms with Crippen LogP contribution in [0.3, 0.4) is 0 Å². The summed E-state index contributed by atoms with van der Waals surface area (Å²) < 4.78 is 0. The summed E-state index contributed by atoms with van der Waals surface area (Å²) >= 11 is 0. The lowest BCUT2D eigenvalue weighted by atomic mass is 9.82. The van der Waals surface area contributed by atoms with E-state index in [9.17, 15) is 14.7 Å². The summed E-state index contributed by atoms with van der Waals surface area (Å²) in [6.45, 7) is 3.83. The minimum absolute atomic E-state index is 0.00227. The van der Waals surface area contributed by atoms with Crippen LogP contribution in [0.1, 0.15) is 58.8 Å². The Morgan fingerprint density at radius 1 is 1.32 bits per heavy atom. The first-order chi connectivity index (χ1) is 8.88. The van der Waals surface area contributed by atoms with Crippen molar-refractivity contribution in [2.45, 2.75) is 70.4 Å². The van der Waals surface area contributed by atoms with Crippen molar-refractivity contribution in [3.63, 3.8) is 0 Å². The first-order valence-electron chi connectivity index (χ1n) is 7.19. The number of carbonyl (C=O) groups excluding carboxylic acids is 2. The standard InChI is InChI=1S/C14H26N2O3/c1-3-10(2)12(13(15)18)16-11(17)9-14(19)7-5-4-6-8-14/h10,12,19H,3-9H2,1-2H3,(H2,15,18)(H,16,17). The maximum Gasteiger partial charge on any atom is 0.240 e. The van der Waals surface area contributed by atoms with Crippen LogP contribution in [0.5, 0.6) is 0 Å². The van der Waals surface area contributed by atoms with E-state index in [4.69, 9.17) is 5.73 Å². The highest BCUT2D eigenvalue weighted by Crippen LogP contribution is 2.30. The van der Waals surface area contributed by atoms with Crippen LogP contribution < -0.4 is 11.1 Å². The number of carbonyl (C=O) groups is 2. The largest absolute Gasteiger partial charge is 0.389 e. The van der Waals surface area contributed by atoms with Gasteiger partial charge < -0.3 is 16.2 Å². The zero-order valence-corrected chi connectivity index (χ0v) is 11.9. The second-order valence-corrected chi connectivity index (χ2v) is 5.79. The van der Waals surface area contributed by atoms with E-state index in [0.717, 1.165) is 25.7 Å².